The molecule has 24 heavy (non-hydrogen) atoms. The number of amides is 1. The highest BCUT2D eigenvalue weighted by molar-refractivity contribution is 6.01. The summed E-state index contributed by atoms with van der Waals surface area (Å²) in [5.74, 6) is -1.02. The van der Waals surface area contributed by atoms with Crippen LogP contribution in [0.3, 0.4) is 0 Å². The van der Waals surface area contributed by atoms with E-state index in [-0.39, 0.29) is 23.5 Å². The lowest BCUT2D eigenvalue weighted by Gasteiger charge is -2.24. The molecule has 0 saturated carbocycles. The summed E-state index contributed by atoms with van der Waals surface area (Å²) >= 11 is 0. The van der Waals surface area contributed by atoms with Gasteiger partial charge in [0, 0.05) is 31.0 Å². The summed E-state index contributed by atoms with van der Waals surface area (Å²) < 4.78 is 26.8. The first-order valence-corrected chi connectivity index (χ1v) is 7.97. The van der Waals surface area contributed by atoms with Crippen molar-refractivity contribution in [2.24, 2.45) is 11.1 Å². The monoisotopic (exact) mass is 336 g/mol. The molecule has 1 aromatic rings. The minimum Gasteiger partial charge on any atom is -0.390 e. The maximum atomic E-state index is 13.8. The van der Waals surface area contributed by atoms with E-state index in [0.29, 0.717) is 31.6 Å². The minimum atomic E-state index is -0.670. The Hall–Kier alpha value is -2.24. The Kier molecular flexibility index (Phi) is 6.06. The molecular formula is C18H22F2N2O2. The van der Waals surface area contributed by atoms with Crippen molar-refractivity contribution in [2.75, 3.05) is 13.1 Å². The number of hydrogen-bond donors (Lipinski definition) is 0. The van der Waals surface area contributed by atoms with Crippen LogP contribution >= 0.6 is 0 Å². The Morgan fingerprint density at radius 2 is 2.25 bits per heavy atom. The highest BCUT2D eigenvalue weighted by Crippen LogP contribution is 2.21. The van der Waals surface area contributed by atoms with Crippen molar-refractivity contribution in [1.82, 2.24) is 4.90 Å². The fourth-order valence-corrected chi connectivity index (χ4v) is 2.57. The summed E-state index contributed by atoms with van der Waals surface area (Å²) in [5.41, 5.74) is 0.648. The first-order chi connectivity index (χ1) is 11.4. The fraction of sp³-hybridized carbons (Fsp3) is 0.444. The van der Waals surface area contributed by atoms with Crippen LogP contribution in [0.15, 0.2) is 36.0 Å². The van der Waals surface area contributed by atoms with Crippen molar-refractivity contribution in [3.8, 4) is 0 Å². The predicted octanol–water partition coefficient (Wildman–Crippen LogP) is 3.52. The molecule has 1 atom stereocenters. The molecular weight excluding hydrogens is 314 g/mol. The van der Waals surface area contributed by atoms with E-state index in [4.69, 9.17) is 4.84 Å². The molecule has 0 N–H and O–H groups in total. The second kappa shape index (κ2) is 8.04. The lowest BCUT2D eigenvalue weighted by molar-refractivity contribution is -0.133. The number of benzene rings is 1. The van der Waals surface area contributed by atoms with Crippen LogP contribution in [0.25, 0.3) is 0 Å². The third-order valence-corrected chi connectivity index (χ3v) is 3.68. The summed E-state index contributed by atoms with van der Waals surface area (Å²) in [4.78, 5) is 19.3. The molecule has 1 heterocycles. The molecule has 6 heteroatoms. The number of hydrogen-bond acceptors (Lipinski definition) is 3. The van der Waals surface area contributed by atoms with Gasteiger partial charge in [-0.1, -0.05) is 25.1 Å². The molecule has 0 aromatic heterocycles. The Balaban J connectivity index is 2.00. The van der Waals surface area contributed by atoms with Crippen molar-refractivity contribution in [3.63, 3.8) is 0 Å². The van der Waals surface area contributed by atoms with Crippen molar-refractivity contribution in [3.05, 3.63) is 48.1 Å². The van der Waals surface area contributed by atoms with Gasteiger partial charge in [-0.25, -0.2) is 8.78 Å². The highest BCUT2D eigenvalue weighted by atomic mass is 19.1. The molecule has 0 bridgehead atoms. The molecule has 0 aliphatic carbocycles. The number of rotatable bonds is 7. The van der Waals surface area contributed by atoms with Gasteiger partial charge in [-0.15, -0.1) is 6.58 Å². The number of carbonyl (C=O) groups excluding carboxylic acids is 1. The average Bonchev–Trinajstić information content (AvgIpc) is 2.94. The van der Waals surface area contributed by atoms with Crippen LogP contribution in [0.5, 0.6) is 0 Å². The van der Waals surface area contributed by atoms with Gasteiger partial charge in [0.05, 0.1) is 12.3 Å². The minimum absolute atomic E-state index is 0.0231. The van der Waals surface area contributed by atoms with Gasteiger partial charge in [0.15, 0.2) is 6.10 Å². The van der Waals surface area contributed by atoms with Crippen LogP contribution in [0.4, 0.5) is 8.78 Å². The van der Waals surface area contributed by atoms with E-state index in [9.17, 15) is 13.6 Å². The topological polar surface area (TPSA) is 41.9 Å². The first kappa shape index (κ1) is 18.1. The van der Waals surface area contributed by atoms with Gasteiger partial charge in [0.1, 0.15) is 11.6 Å². The Bertz CT molecular complexity index is 644. The summed E-state index contributed by atoms with van der Waals surface area (Å²) in [7, 11) is 0. The summed E-state index contributed by atoms with van der Waals surface area (Å²) in [5, 5.41) is 3.90. The van der Waals surface area contributed by atoms with Crippen LogP contribution in [-0.2, 0) is 9.63 Å². The molecule has 1 aromatic carbocycles. The molecule has 130 valence electrons. The molecule has 1 aliphatic rings. The molecule has 2 rings (SSSR count). The lowest BCUT2D eigenvalue weighted by Crippen LogP contribution is -2.38. The zero-order valence-electron chi connectivity index (χ0n) is 14.0. The second-order valence-electron chi connectivity index (χ2n) is 6.28. The highest BCUT2D eigenvalue weighted by Gasteiger charge is 2.27. The summed E-state index contributed by atoms with van der Waals surface area (Å²) in [6, 6.07) is 3.35. The van der Waals surface area contributed by atoms with Crippen LogP contribution in [0.2, 0.25) is 0 Å². The maximum absolute atomic E-state index is 13.8. The molecule has 1 unspecified atom stereocenters. The quantitative estimate of drug-likeness (QED) is 0.715. The van der Waals surface area contributed by atoms with Crippen LogP contribution < -0.4 is 0 Å². The smallest absolute Gasteiger partial charge is 0.223 e. The molecule has 1 amide bonds. The molecule has 0 spiro atoms. The molecule has 4 nitrogen and oxygen atoms in total. The van der Waals surface area contributed by atoms with E-state index >= 15 is 0 Å². The van der Waals surface area contributed by atoms with E-state index < -0.39 is 11.6 Å². The zero-order chi connectivity index (χ0) is 17.7. The Labute approximate surface area is 140 Å². The lowest BCUT2D eigenvalue weighted by atomic mass is 10.0. The van der Waals surface area contributed by atoms with Crippen molar-refractivity contribution in [1.29, 1.82) is 0 Å². The summed E-state index contributed by atoms with van der Waals surface area (Å²) in [6.45, 7) is 8.41. The van der Waals surface area contributed by atoms with Gasteiger partial charge in [-0.2, -0.15) is 0 Å². The van der Waals surface area contributed by atoms with Gasteiger partial charge in [0.25, 0.3) is 0 Å². The van der Waals surface area contributed by atoms with E-state index in [1.165, 1.54) is 12.1 Å². The van der Waals surface area contributed by atoms with E-state index in [1.807, 2.05) is 13.8 Å². The fourth-order valence-electron chi connectivity index (χ4n) is 2.57. The zero-order valence-corrected chi connectivity index (χ0v) is 14.0. The van der Waals surface area contributed by atoms with Crippen LogP contribution in [-0.4, -0.2) is 35.7 Å². The van der Waals surface area contributed by atoms with Gasteiger partial charge in [0.2, 0.25) is 5.91 Å². The Morgan fingerprint density at radius 1 is 1.50 bits per heavy atom. The van der Waals surface area contributed by atoms with Gasteiger partial charge in [-0.05, 0) is 18.1 Å². The van der Waals surface area contributed by atoms with Crippen LogP contribution in [0, 0.1) is 17.6 Å². The standard InChI is InChI=1S/C18H22F2N2O2/c1-4-7-22(18(23)8-12(2)3)11-14-10-17(21-24-14)15-6-5-13(19)9-16(15)20/h4-6,9,12,14H,1,7-8,10-11H2,2-3H3. The van der Waals surface area contributed by atoms with E-state index in [0.717, 1.165) is 6.07 Å². The van der Waals surface area contributed by atoms with Gasteiger partial charge < -0.3 is 9.74 Å². The molecule has 0 saturated heterocycles. The largest absolute Gasteiger partial charge is 0.390 e. The van der Waals surface area contributed by atoms with Crippen molar-refractivity contribution < 1.29 is 18.4 Å². The average molecular weight is 336 g/mol. The SMILES string of the molecule is C=CCN(CC1CC(c2ccc(F)cc2F)=NO1)C(=O)CC(C)C. The van der Waals surface area contributed by atoms with E-state index in [1.54, 1.807) is 11.0 Å². The first-order valence-electron chi connectivity index (χ1n) is 7.97. The van der Waals surface area contributed by atoms with E-state index in [2.05, 4.69) is 11.7 Å². The third kappa shape index (κ3) is 4.63. The number of halogens is 2. The summed E-state index contributed by atoms with van der Waals surface area (Å²) in [6.07, 6.45) is 2.13. The van der Waals surface area contributed by atoms with Crippen LogP contribution in [0.1, 0.15) is 32.3 Å². The van der Waals surface area contributed by atoms with Crippen molar-refractivity contribution >= 4 is 11.6 Å². The maximum Gasteiger partial charge on any atom is 0.223 e. The number of oxime groups is 1. The molecule has 0 radical (unpaired) electrons. The predicted molar refractivity (Wildman–Crippen MR) is 88.6 cm³/mol. The van der Waals surface area contributed by atoms with Gasteiger partial charge >= 0.3 is 0 Å². The Morgan fingerprint density at radius 3 is 2.88 bits per heavy atom. The molecule has 0 fully saturated rings. The second-order valence-corrected chi connectivity index (χ2v) is 6.28. The van der Waals surface area contributed by atoms with Gasteiger partial charge in [-0.3, -0.25) is 4.79 Å². The number of carbonyl (C=O) groups is 1. The van der Waals surface area contributed by atoms with Crippen molar-refractivity contribution in [2.45, 2.75) is 32.8 Å². The molecule has 1 aliphatic heterocycles. The third-order valence-electron chi connectivity index (χ3n) is 3.68. The number of nitrogens with zero attached hydrogens (tertiary/aromatic N) is 2. The normalized spacial score (nSPS) is 16.7.